The van der Waals surface area contributed by atoms with Crippen LogP contribution in [0.25, 0.3) is 10.8 Å². The topological polar surface area (TPSA) is 12.0 Å². The van der Waals surface area contributed by atoms with Crippen molar-refractivity contribution in [3.05, 3.63) is 60.2 Å². The summed E-state index contributed by atoms with van der Waals surface area (Å²) in [5.41, 5.74) is 1.52. The fourth-order valence-electron chi connectivity index (χ4n) is 3.44. The highest BCUT2D eigenvalue weighted by atomic mass is 15.0. The van der Waals surface area contributed by atoms with Gasteiger partial charge in [-0.05, 0) is 41.7 Å². The quantitative estimate of drug-likeness (QED) is 0.742. The van der Waals surface area contributed by atoms with E-state index in [1.165, 1.54) is 35.6 Å². The van der Waals surface area contributed by atoms with Crippen LogP contribution in [0, 0.1) is 0 Å². The molecule has 2 atom stereocenters. The number of hydrogen-bond donors (Lipinski definition) is 1. The molecule has 1 nitrogen and oxygen atoms in total. The zero-order chi connectivity index (χ0) is 12.0. The van der Waals surface area contributed by atoms with E-state index in [1.54, 1.807) is 0 Å². The van der Waals surface area contributed by atoms with Crippen molar-refractivity contribution in [3.8, 4) is 0 Å². The second-order valence-corrected chi connectivity index (χ2v) is 5.55. The van der Waals surface area contributed by atoms with Gasteiger partial charge in [-0.15, -0.1) is 0 Å². The first-order valence-corrected chi connectivity index (χ1v) is 6.80. The van der Waals surface area contributed by atoms with Gasteiger partial charge in [0.05, 0.1) is 5.54 Å². The Morgan fingerprint density at radius 3 is 2.89 bits per heavy atom. The number of fused-ring (bicyclic) bond motifs is 3. The van der Waals surface area contributed by atoms with Gasteiger partial charge in [0.2, 0.25) is 0 Å². The van der Waals surface area contributed by atoms with Gasteiger partial charge >= 0.3 is 0 Å². The first-order chi connectivity index (χ1) is 8.86. The summed E-state index contributed by atoms with van der Waals surface area (Å²) < 4.78 is 0. The van der Waals surface area contributed by atoms with Crippen LogP contribution < -0.4 is 5.32 Å². The van der Waals surface area contributed by atoms with Crippen molar-refractivity contribution in [2.24, 2.45) is 0 Å². The second-order valence-electron chi connectivity index (χ2n) is 5.55. The highest BCUT2D eigenvalue weighted by Crippen LogP contribution is 2.39. The lowest BCUT2D eigenvalue weighted by molar-refractivity contribution is 0.438. The van der Waals surface area contributed by atoms with Crippen LogP contribution in [0.5, 0.6) is 0 Å². The Balaban J connectivity index is 1.87. The van der Waals surface area contributed by atoms with Crippen LogP contribution >= 0.6 is 0 Å². The molecule has 0 aromatic heterocycles. The molecule has 0 radical (unpaired) electrons. The molecule has 18 heavy (non-hydrogen) atoms. The molecule has 2 aromatic carbocycles. The van der Waals surface area contributed by atoms with E-state index in [0.29, 0.717) is 6.04 Å². The number of benzene rings is 2. The van der Waals surface area contributed by atoms with E-state index in [1.807, 2.05) is 0 Å². The SMILES string of the molecule is C1=CC2(c3ccc4ccccc4c3)CCC(C1)N2. The van der Waals surface area contributed by atoms with Crippen molar-refractivity contribution >= 4 is 10.8 Å². The van der Waals surface area contributed by atoms with Gasteiger partial charge in [-0.3, -0.25) is 0 Å². The standard InChI is InChI=1S/C17H17N/c1-2-5-14-12-15(8-7-13(14)4-1)17-10-3-6-16(18-17)9-11-17/h1-5,7-8,10,12,16,18H,6,9,11H2. The first kappa shape index (κ1) is 10.3. The van der Waals surface area contributed by atoms with Crippen molar-refractivity contribution in [2.75, 3.05) is 0 Å². The zero-order valence-electron chi connectivity index (χ0n) is 10.4. The van der Waals surface area contributed by atoms with Crippen LogP contribution in [0.3, 0.4) is 0 Å². The Labute approximate surface area is 108 Å². The molecule has 2 aromatic rings. The van der Waals surface area contributed by atoms with Crippen LogP contribution in [0.15, 0.2) is 54.6 Å². The normalized spacial score (nSPS) is 29.9. The summed E-state index contributed by atoms with van der Waals surface area (Å²) in [6.07, 6.45) is 8.44. The molecule has 1 fully saturated rings. The van der Waals surface area contributed by atoms with Crippen molar-refractivity contribution < 1.29 is 0 Å². The zero-order valence-corrected chi connectivity index (χ0v) is 10.4. The summed E-state index contributed by atoms with van der Waals surface area (Å²) in [6, 6.07) is 16.2. The number of nitrogens with one attached hydrogen (secondary N) is 1. The lowest BCUT2D eigenvalue weighted by Gasteiger charge is -2.31. The van der Waals surface area contributed by atoms with Crippen molar-refractivity contribution in [1.29, 1.82) is 0 Å². The van der Waals surface area contributed by atoms with Crippen molar-refractivity contribution in [1.82, 2.24) is 5.32 Å². The lowest BCUT2D eigenvalue weighted by atomic mass is 9.86. The number of rotatable bonds is 1. The summed E-state index contributed by atoms with van der Waals surface area (Å²) >= 11 is 0. The average Bonchev–Trinajstić information content (AvgIpc) is 2.74. The molecule has 2 bridgehead atoms. The lowest BCUT2D eigenvalue weighted by Crippen LogP contribution is -2.41. The Kier molecular flexibility index (Phi) is 2.12. The van der Waals surface area contributed by atoms with Crippen molar-refractivity contribution in [2.45, 2.75) is 30.8 Å². The molecule has 0 amide bonds. The minimum atomic E-state index is 0.104. The summed E-state index contributed by atoms with van der Waals surface area (Å²) in [4.78, 5) is 0. The Morgan fingerprint density at radius 2 is 1.94 bits per heavy atom. The fraction of sp³-hybridized carbons (Fsp3) is 0.294. The minimum Gasteiger partial charge on any atom is -0.301 e. The summed E-state index contributed by atoms with van der Waals surface area (Å²) in [5.74, 6) is 0. The highest BCUT2D eigenvalue weighted by Gasteiger charge is 2.39. The monoisotopic (exact) mass is 235 g/mol. The third-order valence-corrected chi connectivity index (χ3v) is 4.44. The fourth-order valence-corrected chi connectivity index (χ4v) is 3.44. The largest absolute Gasteiger partial charge is 0.301 e. The Hall–Kier alpha value is -1.60. The summed E-state index contributed by atoms with van der Waals surface area (Å²) in [6.45, 7) is 0. The van der Waals surface area contributed by atoms with Crippen molar-refractivity contribution in [3.63, 3.8) is 0 Å². The molecule has 2 aliphatic heterocycles. The molecular weight excluding hydrogens is 218 g/mol. The van der Waals surface area contributed by atoms with Crippen LogP contribution in [0.4, 0.5) is 0 Å². The minimum absolute atomic E-state index is 0.104. The maximum Gasteiger partial charge on any atom is 0.0623 e. The van der Waals surface area contributed by atoms with Gasteiger partial charge < -0.3 is 5.32 Å². The van der Waals surface area contributed by atoms with E-state index in [0.717, 1.165) is 0 Å². The molecule has 1 saturated heterocycles. The number of hydrogen-bond acceptors (Lipinski definition) is 1. The molecule has 90 valence electrons. The third kappa shape index (κ3) is 1.44. The van der Waals surface area contributed by atoms with E-state index in [4.69, 9.17) is 0 Å². The molecule has 4 rings (SSSR count). The van der Waals surface area contributed by atoms with Gasteiger partial charge in [-0.2, -0.15) is 0 Å². The van der Waals surface area contributed by atoms with E-state index in [9.17, 15) is 0 Å². The smallest absolute Gasteiger partial charge is 0.0623 e. The van der Waals surface area contributed by atoms with E-state index >= 15 is 0 Å². The summed E-state index contributed by atoms with van der Waals surface area (Å²) in [5, 5.41) is 6.47. The highest BCUT2D eigenvalue weighted by molar-refractivity contribution is 5.83. The van der Waals surface area contributed by atoms with Gasteiger partial charge in [-0.1, -0.05) is 48.6 Å². The third-order valence-electron chi connectivity index (χ3n) is 4.44. The average molecular weight is 235 g/mol. The second kappa shape index (κ2) is 3.69. The van der Waals surface area contributed by atoms with Gasteiger partial charge in [0, 0.05) is 6.04 Å². The van der Waals surface area contributed by atoms with E-state index in [-0.39, 0.29) is 5.54 Å². The summed E-state index contributed by atoms with van der Waals surface area (Å²) in [7, 11) is 0. The molecule has 2 heterocycles. The van der Waals surface area contributed by atoms with Gasteiger partial charge in [0.25, 0.3) is 0 Å². The molecular formula is C17H17N. The predicted molar refractivity (Wildman–Crippen MR) is 75.5 cm³/mol. The Bertz CT molecular complexity index is 628. The van der Waals surface area contributed by atoms with Gasteiger partial charge in [0.15, 0.2) is 0 Å². The van der Waals surface area contributed by atoms with Crippen LogP contribution in [0.1, 0.15) is 24.8 Å². The van der Waals surface area contributed by atoms with E-state index in [2.05, 4.69) is 59.9 Å². The Morgan fingerprint density at radius 1 is 1.06 bits per heavy atom. The van der Waals surface area contributed by atoms with Gasteiger partial charge in [-0.25, -0.2) is 0 Å². The van der Waals surface area contributed by atoms with E-state index < -0.39 is 0 Å². The molecule has 0 aliphatic carbocycles. The maximum atomic E-state index is 3.80. The molecule has 0 saturated carbocycles. The molecule has 1 N–H and O–H groups in total. The molecule has 0 spiro atoms. The first-order valence-electron chi connectivity index (χ1n) is 6.80. The maximum absolute atomic E-state index is 3.80. The molecule has 1 heteroatoms. The van der Waals surface area contributed by atoms with Gasteiger partial charge in [0.1, 0.15) is 0 Å². The van der Waals surface area contributed by atoms with Crippen LogP contribution in [0.2, 0.25) is 0 Å². The predicted octanol–water partition coefficient (Wildman–Crippen LogP) is 3.75. The molecule has 2 aliphatic rings. The van der Waals surface area contributed by atoms with Crippen LogP contribution in [-0.4, -0.2) is 6.04 Å². The van der Waals surface area contributed by atoms with Crippen LogP contribution in [-0.2, 0) is 5.54 Å². The molecule has 2 unspecified atom stereocenters.